The molecule has 2 rings (SSSR count). The average Bonchev–Trinajstić information content (AvgIpc) is 2.56. The fourth-order valence-corrected chi connectivity index (χ4v) is 3.23. The molecule has 0 radical (unpaired) electrons. The monoisotopic (exact) mass is 323 g/mol. The Morgan fingerprint density at radius 1 is 1.04 bits per heavy atom. The van der Waals surface area contributed by atoms with Crippen LogP contribution in [0.3, 0.4) is 0 Å². The summed E-state index contributed by atoms with van der Waals surface area (Å²) in [6.07, 6.45) is 2.73. The fraction of sp³-hybridized carbons (Fsp3) is 0.364. The summed E-state index contributed by atoms with van der Waals surface area (Å²) in [6.45, 7) is 5.01. The molecule has 0 aliphatic rings. The van der Waals surface area contributed by atoms with Gasteiger partial charge in [0.2, 0.25) is 0 Å². The predicted molar refractivity (Wildman–Crippen MR) is 103 cm³/mol. The highest BCUT2D eigenvalue weighted by atomic mass is 16.3. The number of benzene rings is 2. The van der Waals surface area contributed by atoms with Crippen molar-refractivity contribution in [2.45, 2.75) is 25.9 Å². The Hall–Kier alpha value is -1.90. The van der Waals surface area contributed by atoms with E-state index in [2.05, 4.69) is 56.3 Å². The number of aliphatic hydroxyl groups is 1. The topological polar surface area (TPSA) is 23.5 Å². The van der Waals surface area contributed by atoms with Crippen LogP contribution < -0.4 is 0 Å². The van der Waals surface area contributed by atoms with Crippen molar-refractivity contribution in [3.8, 4) is 0 Å². The van der Waals surface area contributed by atoms with Crippen molar-refractivity contribution in [1.82, 2.24) is 4.90 Å². The minimum atomic E-state index is -0.874. The minimum Gasteiger partial charge on any atom is -0.385 e. The molecule has 2 unspecified atom stereocenters. The molecule has 2 nitrogen and oxygen atoms in total. The van der Waals surface area contributed by atoms with E-state index in [9.17, 15) is 5.11 Å². The second-order valence-electron chi connectivity index (χ2n) is 6.99. The van der Waals surface area contributed by atoms with Crippen LogP contribution in [0.2, 0.25) is 0 Å². The highest BCUT2D eigenvalue weighted by Crippen LogP contribution is 2.32. The molecule has 2 aromatic carbocycles. The molecule has 2 heteroatoms. The average molecular weight is 323 g/mol. The first kappa shape index (κ1) is 18.4. The van der Waals surface area contributed by atoms with Crippen LogP contribution >= 0.6 is 0 Å². The van der Waals surface area contributed by atoms with Crippen LogP contribution in [0.25, 0.3) is 6.08 Å². The molecule has 0 saturated carbocycles. The predicted octanol–water partition coefficient (Wildman–Crippen LogP) is 4.26. The van der Waals surface area contributed by atoms with Crippen LogP contribution in [-0.4, -0.2) is 36.2 Å². The highest BCUT2D eigenvalue weighted by Gasteiger charge is 2.35. The van der Waals surface area contributed by atoms with Gasteiger partial charge >= 0.3 is 0 Å². The van der Waals surface area contributed by atoms with Gasteiger partial charge in [-0.15, -0.1) is 0 Å². The second kappa shape index (κ2) is 8.27. The summed E-state index contributed by atoms with van der Waals surface area (Å²) in [4.78, 5) is 2.14. The van der Waals surface area contributed by atoms with Crippen LogP contribution in [0.15, 0.2) is 66.2 Å². The van der Waals surface area contributed by atoms with Gasteiger partial charge in [0.15, 0.2) is 0 Å². The summed E-state index contributed by atoms with van der Waals surface area (Å²) >= 11 is 0. The van der Waals surface area contributed by atoms with Crippen LogP contribution in [-0.2, 0) is 6.42 Å². The Labute approximate surface area is 146 Å². The van der Waals surface area contributed by atoms with E-state index in [0.29, 0.717) is 6.42 Å². The van der Waals surface area contributed by atoms with Crippen LogP contribution in [0.4, 0.5) is 0 Å². The van der Waals surface area contributed by atoms with Gasteiger partial charge < -0.3 is 10.0 Å². The first-order valence-electron chi connectivity index (χ1n) is 8.56. The zero-order valence-corrected chi connectivity index (χ0v) is 15.2. The fourth-order valence-electron chi connectivity index (χ4n) is 3.23. The molecular weight excluding hydrogens is 294 g/mol. The quantitative estimate of drug-likeness (QED) is 0.823. The van der Waals surface area contributed by atoms with Gasteiger partial charge in [0.1, 0.15) is 0 Å². The molecule has 128 valence electrons. The molecule has 2 aromatic rings. The molecular formula is C22H29NO. The summed E-state index contributed by atoms with van der Waals surface area (Å²) in [6, 6.07) is 20.5. The molecule has 2 atom stereocenters. The molecule has 1 N–H and O–H groups in total. The molecule has 0 amide bonds. The largest absolute Gasteiger partial charge is 0.385 e. The van der Waals surface area contributed by atoms with E-state index >= 15 is 0 Å². The first-order valence-corrected chi connectivity index (χ1v) is 8.56. The van der Waals surface area contributed by atoms with Crippen molar-refractivity contribution in [3.05, 3.63) is 77.4 Å². The molecule has 0 bridgehead atoms. The van der Waals surface area contributed by atoms with Gasteiger partial charge in [-0.2, -0.15) is 0 Å². The highest BCUT2D eigenvalue weighted by molar-refractivity contribution is 5.54. The maximum absolute atomic E-state index is 11.6. The number of nitrogens with zero attached hydrogens (tertiary/aromatic N) is 1. The van der Waals surface area contributed by atoms with E-state index < -0.39 is 5.60 Å². The summed E-state index contributed by atoms with van der Waals surface area (Å²) < 4.78 is 0. The standard InChI is InChI=1S/C22H29NO/c1-18(15-20-11-7-5-8-12-20)22(24,19(2)17-23(3)4)16-21-13-9-6-10-14-21/h5-15,19,24H,16-17H2,1-4H3. The smallest absolute Gasteiger partial charge is 0.0935 e. The van der Waals surface area contributed by atoms with Gasteiger partial charge in [0.25, 0.3) is 0 Å². The normalized spacial score (nSPS) is 16.0. The summed E-state index contributed by atoms with van der Waals surface area (Å²) in [7, 11) is 4.10. The number of hydrogen-bond acceptors (Lipinski definition) is 2. The van der Waals surface area contributed by atoms with Crippen LogP contribution in [0.1, 0.15) is 25.0 Å². The molecule has 0 fully saturated rings. The molecule has 0 saturated heterocycles. The zero-order valence-electron chi connectivity index (χ0n) is 15.2. The molecule has 0 aliphatic carbocycles. The van der Waals surface area contributed by atoms with Crippen molar-refractivity contribution in [2.75, 3.05) is 20.6 Å². The van der Waals surface area contributed by atoms with Gasteiger partial charge in [0, 0.05) is 18.9 Å². The van der Waals surface area contributed by atoms with E-state index in [-0.39, 0.29) is 5.92 Å². The third-order valence-electron chi connectivity index (χ3n) is 4.64. The summed E-state index contributed by atoms with van der Waals surface area (Å²) in [5.41, 5.74) is 2.42. The Balaban J connectivity index is 2.36. The Morgan fingerprint density at radius 2 is 1.58 bits per heavy atom. The Morgan fingerprint density at radius 3 is 2.12 bits per heavy atom. The third-order valence-corrected chi connectivity index (χ3v) is 4.64. The Bertz CT molecular complexity index is 648. The van der Waals surface area contributed by atoms with Crippen molar-refractivity contribution < 1.29 is 5.11 Å². The van der Waals surface area contributed by atoms with Gasteiger partial charge in [-0.3, -0.25) is 0 Å². The molecule has 24 heavy (non-hydrogen) atoms. The van der Waals surface area contributed by atoms with Crippen LogP contribution in [0, 0.1) is 5.92 Å². The van der Waals surface area contributed by atoms with Crippen molar-refractivity contribution in [2.24, 2.45) is 5.92 Å². The van der Waals surface area contributed by atoms with Gasteiger partial charge in [0.05, 0.1) is 5.60 Å². The van der Waals surface area contributed by atoms with Gasteiger partial charge in [-0.05, 0) is 37.7 Å². The van der Waals surface area contributed by atoms with Crippen molar-refractivity contribution in [3.63, 3.8) is 0 Å². The van der Waals surface area contributed by atoms with E-state index in [1.807, 2.05) is 43.3 Å². The maximum atomic E-state index is 11.6. The summed E-state index contributed by atoms with van der Waals surface area (Å²) in [5, 5.41) is 11.6. The van der Waals surface area contributed by atoms with Crippen molar-refractivity contribution >= 4 is 6.08 Å². The number of rotatable bonds is 7. The SMILES string of the molecule is CC(=Cc1ccccc1)C(O)(Cc1ccccc1)C(C)CN(C)C. The maximum Gasteiger partial charge on any atom is 0.0935 e. The zero-order chi connectivity index (χ0) is 17.6. The lowest BCUT2D eigenvalue weighted by atomic mass is 9.77. The van der Waals surface area contributed by atoms with E-state index in [0.717, 1.165) is 23.2 Å². The summed E-state index contributed by atoms with van der Waals surface area (Å²) in [5.74, 6) is 0.118. The van der Waals surface area contributed by atoms with Gasteiger partial charge in [-0.1, -0.05) is 73.7 Å². The van der Waals surface area contributed by atoms with E-state index in [1.165, 1.54) is 0 Å². The minimum absolute atomic E-state index is 0.118. The van der Waals surface area contributed by atoms with E-state index in [1.54, 1.807) is 0 Å². The van der Waals surface area contributed by atoms with Crippen LogP contribution in [0.5, 0.6) is 0 Å². The lowest BCUT2D eigenvalue weighted by Crippen LogP contribution is -2.44. The third kappa shape index (κ3) is 4.80. The second-order valence-corrected chi connectivity index (χ2v) is 6.99. The Kier molecular flexibility index (Phi) is 6.36. The molecule has 0 heterocycles. The van der Waals surface area contributed by atoms with Crippen molar-refractivity contribution in [1.29, 1.82) is 0 Å². The lowest BCUT2D eigenvalue weighted by molar-refractivity contribution is 0.0150. The molecule has 0 aliphatic heterocycles. The first-order chi connectivity index (χ1) is 11.4. The van der Waals surface area contributed by atoms with E-state index in [4.69, 9.17) is 0 Å². The molecule has 0 spiro atoms. The molecule has 0 aromatic heterocycles. The lowest BCUT2D eigenvalue weighted by Gasteiger charge is -2.37. The van der Waals surface area contributed by atoms with Gasteiger partial charge in [-0.25, -0.2) is 0 Å². The number of hydrogen-bond donors (Lipinski definition) is 1.